The van der Waals surface area contributed by atoms with Crippen LogP contribution in [0, 0.1) is 5.92 Å². The zero-order valence-electron chi connectivity index (χ0n) is 22.3. The quantitative estimate of drug-likeness (QED) is 0.142. The van der Waals surface area contributed by atoms with Crippen molar-refractivity contribution >= 4 is 30.6 Å². The maximum atomic E-state index is 12.9. The van der Waals surface area contributed by atoms with E-state index in [1.165, 1.54) is 10.4 Å². The van der Waals surface area contributed by atoms with Gasteiger partial charge in [-0.3, -0.25) is 9.59 Å². The summed E-state index contributed by atoms with van der Waals surface area (Å²) in [5, 5.41) is 2.24. The predicted molar refractivity (Wildman–Crippen MR) is 149 cm³/mol. The Bertz CT molecular complexity index is 1070. The van der Waals surface area contributed by atoms with Gasteiger partial charge in [-0.05, 0) is 40.7 Å². The van der Waals surface area contributed by atoms with E-state index in [9.17, 15) is 9.59 Å². The first kappa shape index (κ1) is 28.3. The molecular weight excluding hydrogens is 480 g/mol. The Morgan fingerprint density at radius 1 is 0.757 bits per heavy atom. The largest absolute Gasteiger partial charge is 0.465 e. The van der Waals surface area contributed by atoms with Gasteiger partial charge in [-0.15, -0.1) is 0 Å². The molecule has 0 aliphatic carbocycles. The van der Waals surface area contributed by atoms with E-state index in [1.807, 2.05) is 42.5 Å². The lowest BCUT2D eigenvalue weighted by Gasteiger charge is -2.43. The Labute approximate surface area is 221 Å². The molecule has 0 heterocycles. The number of carbonyl (C=O) groups is 2. The molecule has 1 atom stereocenters. The van der Waals surface area contributed by atoms with Crippen molar-refractivity contribution < 1.29 is 23.5 Å². The molecule has 37 heavy (non-hydrogen) atoms. The molecule has 0 saturated carbocycles. The highest BCUT2D eigenvalue weighted by Crippen LogP contribution is 2.37. The summed E-state index contributed by atoms with van der Waals surface area (Å²) < 4.78 is 17.6. The number of carbonyl (C=O) groups excluding carboxylic acids is 2. The van der Waals surface area contributed by atoms with E-state index in [4.69, 9.17) is 13.9 Å². The topological polar surface area (TPSA) is 61.8 Å². The number of esters is 2. The van der Waals surface area contributed by atoms with Gasteiger partial charge in [-0.2, -0.15) is 0 Å². The van der Waals surface area contributed by atoms with Crippen LogP contribution < -0.4 is 10.4 Å². The lowest BCUT2D eigenvalue weighted by atomic mass is 10.0. The minimum atomic E-state index is -2.68. The summed E-state index contributed by atoms with van der Waals surface area (Å²) >= 11 is 0. The Morgan fingerprint density at radius 3 is 1.73 bits per heavy atom. The van der Waals surface area contributed by atoms with E-state index in [0.29, 0.717) is 19.4 Å². The molecule has 5 nitrogen and oxygen atoms in total. The highest BCUT2D eigenvalue weighted by Gasteiger charge is 2.50. The monoisotopic (exact) mass is 518 g/mol. The molecule has 0 aliphatic heterocycles. The molecular formula is C31H38O5Si. The number of benzene rings is 3. The third-order valence-electron chi connectivity index (χ3n) is 6.45. The van der Waals surface area contributed by atoms with Gasteiger partial charge in [0.2, 0.25) is 0 Å². The van der Waals surface area contributed by atoms with E-state index in [-0.39, 0.29) is 18.3 Å². The molecule has 0 N–H and O–H groups in total. The number of ether oxygens (including phenoxy) is 2. The molecule has 3 aromatic rings. The molecule has 0 radical (unpaired) electrons. The van der Waals surface area contributed by atoms with Crippen LogP contribution in [0.4, 0.5) is 0 Å². The van der Waals surface area contributed by atoms with Gasteiger partial charge < -0.3 is 13.9 Å². The van der Waals surface area contributed by atoms with Crippen molar-refractivity contribution in [2.45, 2.75) is 52.2 Å². The van der Waals surface area contributed by atoms with Gasteiger partial charge in [0.05, 0.1) is 6.61 Å². The first-order chi connectivity index (χ1) is 17.8. The molecule has 196 valence electrons. The summed E-state index contributed by atoms with van der Waals surface area (Å²) in [6.45, 7) is 9.14. The van der Waals surface area contributed by atoms with Gasteiger partial charge in [0.15, 0.2) is 5.92 Å². The van der Waals surface area contributed by atoms with Gasteiger partial charge in [0, 0.05) is 6.61 Å². The Balaban J connectivity index is 1.76. The molecule has 0 spiro atoms. The average Bonchev–Trinajstić information content (AvgIpc) is 2.90. The molecule has 0 aliphatic rings. The summed E-state index contributed by atoms with van der Waals surface area (Å²) in [7, 11) is -2.68. The van der Waals surface area contributed by atoms with Gasteiger partial charge in [0.25, 0.3) is 8.32 Å². The second kappa shape index (κ2) is 13.4. The van der Waals surface area contributed by atoms with Crippen molar-refractivity contribution in [3.05, 3.63) is 96.6 Å². The van der Waals surface area contributed by atoms with E-state index in [2.05, 4.69) is 69.3 Å². The first-order valence-electron chi connectivity index (χ1n) is 12.9. The standard InChI is InChI=1S/C31H38O5Si/c1-5-34-29(32)28(30(33)35-24-25-16-9-6-10-17-25)22-15-23-36-37(31(2,3)4,26-18-11-7-12-19-26)27-20-13-8-14-21-27/h6-14,16-21,28H,5,15,22-24H2,1-4H3. The second-order valence-corrected chi connectivity index (χ2v) is 14.4. The van der Waals surface area contributed by atoms with Crippen LogP contribution in [0.2, 0.25) is 5.04 Å². The molecule has 0 bridgehead atoms. The van der Waals surface area contributed by atoms with E-state index < -0.39 is 26.2 Å². The Hall–Kier alpha value is -3.22. The summed E-state index contributed by atoms with van der Waals surface area (Å²) in [5.74, 6) is -2.09. The summed E-state index contributed by atoms with van der Waals surface area (Å²) in [5.41, 5.74) is 0.869. The third kappa shape index (κ3) is 7.18. The molecule has 3 rings (SSSR count). The minimum Gasteiger partial charge on any atom is -0.465 e. The van der Waals surface area contributed by atoms with Crippen LogP contribution in [0.3, 0.4) is 0 Å². The molecule has 0 fully saturated rings. The third-order valence-corrected chi connectivity index (χ3v) is 11.5. The van der Waals surface area contributed by atoms with Crippen molar-refractivity contribution in [2.75, 3.05) is 13.2 Å². The van der Waals surface area contributed by atoms with Crippen molar-refractivity contribution in [1.82, 2.24) is 0 Å². The number of rotatable bonds is 12. The zero-order valence-corrected chi connectivity index (χ0v) is 23.3. The SMILES string of the molecule is CCOC(=O)C(CCCO[Si](c1ccccc1)(c1ccccc1)C(C)(C)C)C(=O)OCc1ccccc1. The summed E-state index contributed by atoms with van der Waals surface area (Å²) in [6, 6.07) is 30.2. The first-order valence-corrected chi connectivity index (χ1v) is 14.8. The molecule has 6 heteroatoms. The normalized spacial score (nSPS) is 12.5. The maximum absolute atomic E-state index is 12.9. The average molecular weight is 519 g/mol. The van der Waals surface area contributed by atoms with E-state index >= 15 is 0 Å². The summed E-state index contributed by atoms with van der Waals surface area (Å²) in [4.78, 5) is 25.5. The molecule has 0 saturated heterocycles. The lowest BCUT2D eigenvalue weighted by Crippen LogP contribution is -2.66. The van der Waals surface area contributed by atoms with Gasteiger partial charge in [0.1, 0.15) is 6.61 Å². The summed E-state index contributed by atoms with van der Waals surface area (Å²) in [6.07, 6.45) is 0.819. The van der Waals surface area contributed by atoms with E-state index in [1.54, 1.807) is 6.92 Å². The molecule has 3 aromatic carbocycles. The zero-order chi connectivity index (χ0) is 26.7. The van der Waals surface area contributed by atoms with Crippen LogP contribution in [-0.4, -0.2) is 33.5 Å². The molecule has 0 aromatic heterocycles. The van der Waals surface area contributed by atoms with Crippen LogP contribution in [-0.2, 0) is 30.1 Å². The van der Waals surface area contributed by atoms with Crippen LogP contribution in [0.15, 0.2) is 91.0 Å². The van der Waals surface area contributed by atoms with Gasteiger partial charge in [-0.25, -0.2) is 0 Å². The van der Waals surface area contributed by atoms with Crippen molar-refractivity contribution in [1.29, 1.82) is 0 Å². The lowest BCUT2D eigenvalue weighted by molar-refractivity contribution is -0.163. The van der Waals surface area contributed by atoms with Crippen LogP contribution >= 0.6 is 0 Å². The maximum Gasteiger partial charge on any atom is 0.320 e. The van der Waals surface area contributed by atoms with Gasteiger partial charge >= 0.3 is 11.9 Å². The number of hydrogen-bond donors (Lipinski definition) is 0. The van der Waals surface area contributed by atoms with Crippen LogP contribution in [0.5, 0.6) is 0 Å². The highest BCUT2D eigenvalue weighted by molar-refractivity contribution is 6.99. The second-order valence-electron chi connectivity index (χ2n) is 10.1. The van der Waals surface area contributed by atoms with Crippen LogP contribution in [0.25, 0.3) is 0 Å². The predicted octanol–water partition coefficient (Wildman–Crippen LogP) is 5.27. The van der Waals surface area contributed by atoms with Crippen molar-refractivity contribution in [2.24, 2.45) is 5.92 Å². The fourth-order valence-electron chi connectivity index (χ4n) is 4.68. The molecule has 1 unspecified atom stereocenters. The fraction of sp³-hybridized carbons (Fsp3) is 0.355. The molecule has 0 amide bonds. The van der Waals surface area contributed by atoms with Gasteiger partial charge in [-0.1, -0.05) is 112 Å². The minimum absolute atomic E-state index is 0.119. The van der Waals surface area contributed by atoms with Crippen molar-refractivity contribution in [3.63, 3.8) is 0 Å². The Kier molecular flexibility index (Phi) is 10.2. The number of hydrogen-bond acceptors (Lipinski definition) is 5. The van der Waals surface area contributed by atoms with Crippen molar-refractivity contribution in [3.8, 4) is 0 Å². The fourth-order valence-corrected chi connectivity index (χ4v) is 9.28. The smallest absolute Gasteiger partial charge is 0.320 e. The Morgan fingerprint density at radius 2 is 1.24 bits per heavy atom. The van der Waals surface area contributed by atoms with E-state index in [0.717, 1.165) is 5.56 Å². The highest BCUT2D eigenvalue weighted by atomic mass is 28.4. The van der Waals surface area contributed by atoms with Crippen LogP contribution in [0.1, 0.15) is 46.1 Å².